The summed E-state index contributed by atoms with van der Waals surface area (Å²) >= 11 is 6.12. The first-order chi connectivity index (χ1) is 9.92. The van der Waals surface area contributed by atoms with Crippen molar-refractivity contribution >= 4 is 17.5 Å². The second-order valence-electron chi connectivity index (χ2n) is 5.15. The molecule has 1 atom stereocenters. The summed E-state index contributed by atoms with van der Waals surface area (Å²) in [5.74, 6) is -0.158. The summed E-state index contributed by atoms with van der Waals surface area (Å²) in [6.07, 6.45) is 2.65. The molecule has 114 valence electrons. The molecule has 0 aromatic carbocycles. The minimum absolute atomic E-state index is 0.137. The van der Waals surface area contributed by atoms with Gasteiger partial charge in [-0.05, 0) is 33.3 Å². The van der Waals surface area contributed by atoms with E-state index in [-0.39, 0.29) is 11.9 Å². The summed E-state index contributed by atoms with van der Waals surface area (Å²) in [6, 6.07) is 1.84. The maximum atomic E-state index is 12.0. The first-order valence-electron chi connectivity index (χ1n) is 6.96. The highest BCUT2D eigenvalue weighted by Crippen LogP contribution is 2.18. The Labute approximate surface area is 129 Å². The highest BCUT2D eigenvalue weighted by Gasteiger charge is 2.13. The minimum atomic E-state index is -0.158. The Morgan fingerprint density at radius 2 is 2.14 bits per heavy atom. The molecular weight excluding hydrogens is 290 g/mol. The third kappa shape index (κ3) is 3.44. The molecule has 2 aromatic rings. The molecule has 6 nitrogen and oxygen atoms in total. The van der Waals surface area contributed by atoms with Crippen LogP contribution in [0.4, 0.5) is 0 Å². The lowest BCUT2D eigenvalue weighted by Crippen LogP contribution is -2.32. The SMILES string of the molecule is CC[C@@H](C)NC(=O)c1ccn(Cn2nc(C)c(Cl)c2C)n1. The second-order valence-corrected chi connectivity index (χ2v) is 5.53. The lowest BCUT2D eigenvalue weighted by molar-refractivity contribution is 0.0933. The van der Waals surface area contributed by atoms with E-state index in [0.717, 1.165) is 17.8 Å². The van der Waals surface area contributed by atoms with Gasteiger partial charge in [-0.2, -0.15) is 10.2 Å². The van der Waals surface area contributed by atoms with Crippen LogP contribution in [0.5, 0.6) is 0 Å². The molecule has 21 heavy (non-hydrogen) atoms. The van der Waals surface area contributed by atoms with Gasteiger partial charge in [-0.1, -0.05) is 18.5 Å². The van der Waals surface area contributed by atoms with Gasteiger partial charge in [0, 0.05) is 12.2 Å². The van der Waals surface area contributed by atoms with Crippen molar-refractivity contribution in [3.05, 3.63) is 34.4 Å². The highest BCUT2D eigenvalue weighted by molar-refractivity contribution is 6.31. The van der Waals surface area contributed by atoms with Crippen molar-refractivity contribution in [1.29, 1.82) is 0 Å². The van der Waals surface area contributed by atoms with Crippen LogP contribution < -0.4 is 5.32 Å². The average molecular weight is 310 g/mol. The molecule has 1 amide bonds. The third-order valence-corrected chi connectivity index (χ3v) is 3.98. The van der Waals surface area contributed by atoms with E-state index in [9.17, 15) is 4.79 Å². The quantitative estimate of drug-likeness (QED) is 0.922. The first-order valence-corrected chi connectivity index (χ1v) is 7.34. The van der Waals surface area contributed by atoms with Gasteiger partial charge in [-0.15, -0.1) is 0 Å². The van der Waals surface area contributed by atoms with Gasteiger partial charge < -0.3 is 5.32 Å². The van der Waals surface area contributed by atoms with Crippen molar-refractivity contribution in [2.75, 3.05) is 0 Å². The zero-order valence-corrected chi connectivity index (χ0v) is 13.5. The fraction of sp³-hybridized carbons (Fsp3) is 0.500. The zero-order chi connectivity index (χ0) is 15.6. The van der Waals surface area contributed by atoms with E-state index < -0.39 is 0 Å². The molecule has 2 aromatic heterocycles. The lowest BCUT2D eigenvalue weighted by atomic mass is 10.2. The summed E-state index contributed by atoms with van der Waals surface area (Å²) in [5, 5.41) is 12.2. The largest absolute Gasteiger partial charge is 0.348 e. The Morgan fingerprint density at radius 3 is 2.71 bits per heavy atom. The van der Waals surface area contributed by atoms with E-state index in [4.69, 9.17) is 11.6 Å². The smallest absolute Gasteiger partial charge is 0.271 e. The number of halogens is 1. The maximum absolute atomic E-state index is 12.0. The van der Waals surface area contributed by atoms with Gasteiger partial charge in [0.15, 0.2) is 0 Å². The number of aryl methyl sites for hydroxylation is 1. The number of aromatic nitrogens is 4. The van der Waals surface area contributed by atoms with Crippen molar-refractivity contribution < 1.29 is 4.79 Å². The number of nitrogens with zero attached hydrogens (tertiary/aromatic N) is 4. The van der Waals surface area contributed by atoms with Crippen molar-refractivity contribution in [1.82, 2.24) is 24.9 Å². The normalized spacial score (nSPS) is 12.4. The standard InChI is InChI=1S/C14H20ClN5O/c1-5-9(2)16-14(21)12-6-7-19(18-12)8-20-11(4)13(15)10(3)17-20/h6-7,9H,5,8H2,1-4H3,(H,16,21)/t9-/m1/s1. The number of hydrogen-bond acceptors (Lipinski definition) is 3. The molecule has 1 N–H and O–H groups in total. The number of nitrogens with one attached hydrogen (secondary N) is 1. The topological polar surface area (TPSA) is 64.7 Å². The van der Waals surface area contributed by atoms with E-state index in [1.54, 1.807) is 21.6 Å². The summed E-state index contributed by atoms with van der Waals surface area (Å²) in [6.45, 7) is 8.18. The molecular formula is C14H20ClN5O. The molecule has 0 fully saturated rings. The van der Waals surface area contributed by atoms with Gasteiger partial charge in [0.1, 0.15) is 12.4 Å². The van der Waals surface area contributed by atoms with Gasteiger partial charge in [-0.25, -0.2) is 4.68 Å². The van der Waals surface area contributed by atoms with Crippen LogP contribution in [0.15, 0.2) is 12.3 Å². The monoisotopic (exact) mass is 309 g/mol. The molecule has 0 aliphatic rings. The summed E-state index contributed by atoms with van der Waals surface area (Å²) in [7, 11) is 0. The predicted molar refractivity (Wildman–Crippen MR) is 81.6 cm³/mol. The highest BCUT2D eigenvalue weighted by atomic mass is 35.5. The van der Waals surface area contributed by atoms with Crippen LogP contribution in [-0.2, 0) is 6.67 Å². The fourth-order valence-corrected chi connectivity index (χ4v) is 2.05. The number of carbonyl (C=O) groups excluding carboxylic acids is 1. The van der Waals surface area contributed by atoms with Gasteiger partial charge >= 0.3 is 0 Å². The van der Waals surface area contributed by atoms with Crippen LogP contribution in [0.2, 0.25) is 5.02 Å². The van der Waals surface area contributed by atoms with Gasteiger partial charge in [0.05, 0.1) is 16.4 Å². The molecule has 0 saturated heterocycles. The number of rotatable bonds is 5. The molecule has 0 radical (unpaired) electrons. The molecule has 0 aliphatic heterocycles. The van der Waals surface area contributed by atoms with Crippen molar-refractivity contribution in [3.63, 3.8) is 0 Å². The first kappa shape index (κ1) is 15.6. The van der Waals surface area contributed by atoms with Gasteiger partial charge in [0.2, 0.25) is 0 Å². The molecule has 0 spiro atoms. The van der Waals surface area contributed by atoms with E-state index in [0.29, 0.717) is 17.4 Å². The molecule has 7 heteroatoms. The maximum Gasteiger partial charge on any atom is 0.271 e. The van der Waals surface area contributed by atoms with Gasteiger partial charge in [-0.3, -0.25) is 9.48 Å². The molecule has 0 unspecified atom stereocenters. The van der Waals surface area contributed by atoms with E-state index in [1.807, 2.05) is 27.7 Å². The molecule has 0 saturated carbocycles. The van der Waals surface area contributed by atoms with Crippen LogP contribution in [-0.4, -0.2) is 31.5 Å². The van der Waals surface area contributed by atoms with Crippen LogP contribution in [0.25, 0.3) is 0 Å². The zero-order valence-electron chi connectivity index (χ0n) is 12.7. The lowest BCUT2D eigenvalue weighted by Gasteiger charge is -2.09. The van der Waals surface area contributed by atoms with Crippen molar-refractivity contribution in [2.24, 2.45) is 0 Å². The fourth-order valence-electron chi connectivity index (χ4n) is 1.91. The Kier molecular flexibility index (Phi) is 4.67. The summed E-state index contributed by atoms with van der Waals surface area (Å²) in [4.78, 5) is 12.0. The molecule has 2 rings (SSSR count). The summed E-state index contributed by atoms with van der Waals surface area (Å²) < 4.78 is 3.43. The summed E-state index contributed by atoms with van der Waals surface area (Å²) in [5.41, 5.74) is 2.08. The molecule has 0 bridgehead atoms. The Hall–Kier alpha value is -1.82. The number of carbonyl (C=O) groups is 1. The Morgan fingerprint density at radius 1 is 1.43 bits per heavy atom. The van der Waals surface area contributed by atoms with Crippen molar-refractivity contribution in [3.8, 4) is 0 Å². The number of amides is 1. The second kappa shape index (κ2) is 6.30. The van der Waals surface area contributed by atoms with Crippen molar-refractivity contribution in [2.45, 2.75) is 46.8 Å². The minimum Gasteiger partial charge on any atom is -0.348 e. The van der Waals surface area contributed by atoms with Crippen LogP contribution in [0.3, 0.4) is 0 Å². The Bertz CT molecular complexity index is 646. The number of hydrogen-bond donors (Lipinski definition) is 1. The van der Waals surface area contributed by atoms with Crippen LogP contribution >= 0.6 is 11.6 Å². The van der Waals surface area contributed by atoms with E-state index in [1.165, 1.54) is 0 Å². The van der Waals surface area contributed by atoms with E-state index in [2.05, 4.69) is 15.5 Å². The molecule has 0 aliphatic carbocycles. The third-order valence-electron chi connectivity index (χ3n) is 3.44. The van der Waals surface area contributed by atoms with Gasteiger partial charge in [0.25, 0.3) is 5.91 Å². The predicted octanol–water partition coefficient (Wildman–Crippen LogP) is 2.38. The Balaban J connectivity index is 2.09. The van der Waals surface area contributed by atoms with E-state index >= 15 is 0 Å². The van der Waals surface area contributed by atoms with Crippen LogP contribution in [0, 0.1) is 13.8 Å². The van der Waals surface area contributed by atoms with Crippen LogP contribution in [0.1, 0.15) is 42.1 Å². The average Bonchev–Trinajstić information content (AvgIpc) is 3.01. The molecule has 2 heterocycles.